The van der Waals surface area contributed by atoms with Gasteiger partial charge in [-0.15, -0.1) is 0 Å². The third kappa shape index (κ3) is 1.86. The molecule has 0 amide bonds. The van der Waals surface area contributed by atoms with Crippen LogP contribution >= 0.6 is 11.6 Å². The second kappa shape index (κ2) is 3.93. The number of aldehydes is 1. The smallest absolute Gasteiger partial charge is 0.153 e. The number of aliphatic hydroxyl groups is 1. The normalized spacial score (nSPS) is 11.2. The number of aliphatic hydroxyl groups excluding tert-OH is 1. The Morgan fingerprint density at radius 1 is 1.33 bits per heavy atom. The number of allylic oxidation sites excluding steroid dienone is 1. The Kier molecular flexibility index (Phi) is 2.88. The average molecular weight is 183 g/mol. The number of carbonyl (C=O) groups is 1. The summed E-state index contributed by atoms with van der Waals surface area (Å²) in [5, 5.41) is 9.22. The fourth-order valence-electron chi connectivity index (χ4n) is 0.815. The van der Waals surface area contributed by atoms with Crippen LogP contribution in [0.2, 0.25) is 5.02 Å². The van der Waals surface area contributed by atoms with E-state index in [0.717, 1.165) is 6.26 Å². The summed E-state index contributed by atoms with van der Waals surface area (Å²) in [6, 6.07) is 6.64. The van der Waals surface area contributed by atoms with E-state index in [1.807, 2.05) is 0 Å². The summed E-state index contributed by atoms with van der Waals surface area (Å²) < 4.78 is 0. The Labute approximate surface area is 75.1 Å². The van der Waals surface area contributed by atoms with Crippen LogP contribution in [0.25, 0.3) is 5.57 Å². The monoisotopic (exact) mass is 182 g/mol. The maximum Gasteiger partial charge on any atom is 0.153 e. The zero-order chi connectivity index (χ0) is 8.97. The number of carbonyl (C=O) groups excluding carboxylic acids is 1. The molecule has 0 aromatic heterocycles. The molecule has 0 radical (unpaired) electrons. The van der Waals surface area contributed by atoms with E-state index in [1.165, 1.54) is 0 Å². The molecule has 0 aliphatic heterocycles. The third-order valence-corrected chi connectivity index (χ3v) is 1.70. The first-order valence-corrected chi connectivity index (χ1v) is 3.71. The fraction of sp³-hybridized carbons (Fsp3) is 0. The zero-order valence-electron chi connectivity index (χ0n) is 6.20. The van der Waals surface area contributed by atoms with Gasteiger partial charge in [-0.05, 0) is 17.7 Å². The van der Waals surface area contributed by atoms with Crippen LogP contribution in [0.5, 0.6) is 0 Å². The molecule has 1 N–H and O–H groups in total. The lowest BCUT2D eigenvalue weighted by Gasteiger charge is -1.97. The highest BCUT2D eigenvalue weighted by Crippen LogP contribution is 2.15. The number of rotatable bonds is 2. The lowest BCUT2D eigenvalue weighted by molar-refractivity contribution is -0.103. The second-order valence-electron chi connectivity index (χ2n) is 2.21. The van der Waals surface area contributed by atoms with Gasteiger partial charge in [-0.1, -0.05) is 23.7 Å². The highest BCUT2D eigenvalue weighted by Gasteiger charge is 1.98. The summed E-state index contributed by atoms with van der Waals surface area (Å²) in [7, 11) is 0. The van der Waals surface area contributed by atoms with Gasteiger partial charge in [-0.3, -0.25) is 4.79 Å². The van der Waals surface area contributed by atoms with Crippen LogP contribution in [0.1, 0.15) is 5.56 Å². The van der Waals surface area contributed by atoms with E-state index in [0.29, 0.717) is 16.9 Å². The van der Waals surface area contributed by atoms with Crippen molar-refractivity contribution >= 4 is 23.5 Å². The summed E-state index contributed by atoms with van der Waals surface area (Å²) in [5.74, 6) is 0. The van der Waals surface area contributed by atoms with Gasteiger partial charge < -0.3 is 5.11 Å². The maximum atomic E-state index is 10.4. The minimum absolute atomic E-state index is 0.242. The van der Waals surface area contributed by atoms with E-state index in [1.54, 1.807) is 24.3 Å². The van der Waals surface area contributed by atoms with Crippen LogP contribution in [0.3, 0.4) is 0 Å². The van der Waals surface area contributed by atoms with Crippen molar-refractivity contribution in [2.45, 2.75) is 0 Å². The van der Waals surface area contributed by atoms with E-state index in [9.17, 15) is 4.79 Å². The number of benzene rings is 1. The van der Waals surface area contributed by atoms with Crippen LogP contribution in [0.15, 0.2) is 30.5 Å². The molecule has 12 heavy (non-hydrogen) atoms. The quantitative estimate of drug-likeness (QED) is 0.433. The molecule has 1 rings (SSSR count). The Hall–Kier alpha value is -1.28. The highest BCUT2D eigenvalue weighted by atomic mass is 35.5. The van der Waals surface area contributed by atoms with Crippen molar-refractivity contribution in [2.24, 2.45) is 0 Å². The van der Waals surface area contributed by atoms with Gasteiger partial charge in [0.05, 0.1) is 11.8 Å². The van der Waals surface area contributed by atoms with Crippen molar-refractivity contribution in [2.75, 3.05) is 0 Å². The molecule has 0 unspecified atom stereocenters. The van der Waals surface area contributed by atoms with Crippen LogP contribution in [-0.4, -0.2) is 11.4 Å². The van der Waals surface area contributed by atoms with E-state index >= 15 is 0 Å². The van der Waals surface area contributed by atoms with E-state index in [2.05, 4.69) is 0 Å². The van der Waals surface area contributed by atoms with Crippen molar-refractivity contribution < 1.29 is 9.90 Å². The molecule has 1 aromatic carbocycles. The molecule has 0 atom stereocenters. The largest absolute Gasteiger partial charge is 0.515 e. The molecular formula is C9H7ClO2. The summed E-state index contributed by atoms with van der Waals surface area (Å²) in [4.78, 5) is 10.4. The van der Waals surface area contributed by atoms with Crippen molar-refractivity contribution in [3.8, 4) is 0 Å². The maximum absolute atomic E-state index is 10.4. The van der Waals surface area contributed by atoms with Gasteiger partial charge >= 0.3 is 0 Å². The van der Waals surface area contributed by atoms with Crippen molar-refractivity contribution in [1.82, 2.24) is 0 Å². The van der Waals surface area contributed by atoms with Crippen LogP contribution < -0.4 is 0 Å². The lowest BCUT2D eigenvalue weighted by Crippen LogP contribution is -1.84. The molecule has 62 valence electrons. The second-order valence-corrected chi connectivity index (χ2v) is 2.65. The van der Waals surface area contributed by atoms with Crippen LogP contribution in [-0.2, 0) is 4.79 Å². The fourth-order valence-corrected chi connectivity index (χ4v) is 0.941. The molecule has 3 heteroatoms. The minimum Gasteiger partial charge on any atom is -0.515 e. The SMILES string of the molecule is O=C/C(=C/O)c1ccc(Cl)cc1. The zero-order valence-corrected chi connectivity index (χ0v) is 6.95. The van der Waals surface area contributed by atoms with Gasteiger partial charge in [-0.25, -0.2) is 0 Å². The van der Waals surface area contributed by atoms with Gasteiger partial charge in [0.2, 0.25) is 0 Å². The average Bonchev–Trinajstić information content (AvgIpc) is 2.10. The lowest BCUT2D eigenvalue weighted by atomic mass is 10.1. The molecule has 2 nitrogen and oxygen atoms in total. The molecule has 0 aliphatic carbocycles. The van der Waals surface area contributed by atoms with Gasteiger partial charge in [0.25, 0.3) is 0 Å². The first-order chi connectivity index (χ1) is 5.77. The Morgan fingerprint density at radius 3 is 2.33 bits per heavy atom. The number of hydrogen-bond acceptors (Lipinski definition) is 2. The molecule has 0 fully saturated rings. The Bertz CT molecular complexity index is 301. The van der Waals surface area contributed by atoms with Gasteiger partial charge in [0.15, 0.2) is 6.29 Å². The summed E-state index contributed by atoms with van der Waals surface area (Å²) in [6.45, 7) is 0. The Balaban J connectivity index is 3.04. The van der Waals surface area contributed by atoms with Crippen molar-refractivity contribution in [3.05, 3.63) is 41.1 Å². The van der Waals surface area contributed by atoms with Gasteiger partial charge in [0, 0.05) is 5.02 Å². The molecule has 1 aromatic rings. The molecule has 0 aliphatic rings. The highest BCUT2D eigenvalue weighted by molar-refractivity contribution is 6.30. The summed E-state index contributed by atoms with van der Waals surface area (Å²) in [5.41, 5.74) is 0.892. The number of hydrogen-bond donors (Lipinski definition) is 1. The molecule has 0 saturated carbocycles. The van der Waals surface area contributed by atoms with Crippen molar-refractivity contribution in [3.63, 3.8) is 0 Å². The van der Waals surface area contributed by atoms with Crippen LogP contribution in [0, 0.1) is 0 Å². The third-order valence-electron chi connectivity index (χ3n) is 1.44. The number of halogens is 1. The molecule has 0 spiro atoms. The minimum atomic E-state index is 0.242. The van der Waals surface area contributed by atoms with Gasteiger partial charge in [0.1, 0.15) is 0 Å². The summed E-state index contributed by atoms with van der Waals surface area (Å²) >= 11 is 5.63. The summed E-state index contributed by atoms with van der Waals surface area (Å²) in [6.07, 6.45) is 1.36. The topological polar surface area (TPSA) is 37.3 Å². The molecular weight excluding hydrogens is 176 g/mol. The predicted molar refractivity (Wildman–Crippen MR) is 48.1 cm³/mol. The van der Waals surface area contributed by atoms with E-state index in [-0.39, 0.29) is 5.57 Å². The first-order valence-electron chi connectivity index (χ1n) is 3.33. The first kappa shape index (κ1) is 8.81. The van der Waals surface area contributed by atoms with E-state index in [4.69, 9.17) is 16.7 Å². The molecule has 0 heterocycles. The van der Waals surface area contributed by atoms with E-state index < -0.39 is 0 Å². The van der Waals surface area contributed by atoms with Crippen molar-refractivity contribution in [1.29, 1.82) is 0 Å². The van der Waals surface area contributed by atoms with Gasteiger partial charge in [-0.2, -0.15) is 0 Å². The Morgan fingerprint density at radius 2 is 1.92 bits per heavy atom. The molecule has 0 bridgehead atoms. The standard InChI is InChI=1S/C9H7ClO2/c10-9-3-1-7(2-4-9)8(5-11)6-12/h1-6,11H/b8-5-. The van der Waals surface area contributed by atoms with Crippen LogP contribution in [0.4, 0.5) is 0 Å². The molecule has 0 saturated heterocycles. The predicted octanol–water partition coefficient (Wildman–Crippen LogP) is 2.44.